The summed E-state index contributed by atoms with van der Waals surface area (Å²) in [6.07, 6.45) is 0. The summed E-state index contributed by atoms with van der Waals surface area (Å²) in [4.78, 5) is 24.2. The zero-order valence-corrected chi connectivity index (χ0v) is 12.3. The third-order valence-electron chi connectivity index (χ3n) is 3.38. The number of halogens is 1. The maximum Gasteiger partial charge on any atom is 0.278 e. The molecule has 7 heteroatoms. The lowest BCUT2D eigenvalue weighted by Crippen LogP contribution is -2.30. The second-order valence-corrected chi connectivity index (χ2v) is 5.08. The van der Waals surface area contributed by atoms with E-state index in [0.29, 0.717) is 22.2 Å². The van der Waals surface area contributed by atoms with E-state index < -0.39 is 17.3 Å². The van der Waals surface area contributed by atoms with Gasteiger partial charge in [-0.3, -0.25) is 9.59 Å². The first-order chi connectivity index (χ1) is 11.0. The van der Waals surface area contributed by atoms with Crippen molar-refractivity contribution in [1.82, 2.24) is 15.0 Å². The van der Waals surface area contributed by atoms with Crippen LogP contribution in [0.4, 0.5) is 10.1 Å². The first kappa shape index (κ1) is 14.8. The van der Waals surface area contributed by atoms with Crippen LogP contribution in [0.3, 0.4) is 0 Å². The summed E-state index contributed by atoms with van der Waals surface area (Å²) >= 11 is 0. The number of anilines is 1. The molecule has 0 saturated carbocycles. The Hall–Kier alpha value is -3.09. The second kappa shape index (κ2) is 5.96. The van der Waals surface area contributed by atoms with E-state index in [1.807, 2.05) is 0 Å². The van der Waals surface area contributed by atoms with Crippen molar-refractivity contribution in [3.63, 3.8) is 0 Å². The van der Waals surface area contributed by atoms with Crippen LogP contribution < -0.4 is 10.9 Å². The molecule has 1 aromatic heterocycles. The van der Waals surface area contributed by atoms with Gasteiger partial charge in [-0.15, -0.1) is 5.10 Å². The lowest BCUT2D eigenvalue weighted by molar-refractivity contribution is -0.117. The number of aromatic nitrogens is 3. The van der Waals surface area contributed by atoms with E-state index in [9.17, 15) is 14.0 Å². The maximum absolute atomic E-state index is 13.5. The summed E-state index contributed by atoms with van der Waals surface area (Å²) in [5.41, 5.74) is 0.870. The van der Waals surface area contributed by atoms with E-state index >= 15 is 0 Å². The lowest BCUT2D eigenvalue weighted by Gasteiger charge is -2.07. The van der Waals surface area contributed by atoms with Crippen molar-refractivity contribution in [2.75, 3.05) is 5.32 Å². The molecule has 0 saturated heterocycles. The van der Waals surface area contributed by atoms with Crippen molar-refractivity contribution in [3.8, 4) is 0 Å². The number of nitrogens with one attached hydrogen (secondary N) is 1. The lowest BCUT2D eigenvalue weighted by atomic mass is 10.2. The number of carbonyl (C=O) groups excluding carboxylic acids is 1. The van der Waals surface area contributed by atoms with Crippen LogP contribution in [0, 0.1) is 12.7 Å². The Balaban J connectivity index is 1.81. The molecule has 116 valence electrons. The highest BCUT2D eigenvalue weighted by Gasteiger charge is 2.10. The maximum atomic E-state index is 13.5. The molecule has 0 aliphatic carbocycles. The third-order valence-corrected chi connectivity index (χ3v) is 3.38. The van der Waals surface area contributed by atoms with Crippen LogP contribution in [-0.2, 0) is 11.3 Å². The molecule has 1 N–H and O–H groups in total. The number of aryl methyl sites for hydroxylation is 1. The Morgan fingerprint density at radius 3 is 2.83 bits per heavy atom. The fourth-order valence-corrected chi connectivity index (χ4v) is 2.13. The Bertz CT molecular complexity index is 952. The Kier molecular flexibility index (Phi) is 3.84. The minimum atomic E-state index is -0.486. The smallest absolute Gasteiger partial charge is 0.278 e. The van der Waals surface area contributed by atoms with Gasteiger partial charge in [-0.05, 0) is 36.8 Å². The van der Waals surface area contributed by atoms with Crippen molar-refractivity contribution < 1.29 is 9.18 Å². The number of hydrogen-bond donors (Lipinski definition) is 1. The van der Waals surface area contributed by atoms with Gasteiger partial charge >= 0.3 is 0 Å². The number of amides is 1. The quantitative estimate of drug-likeness (QED) is 0.801. The van der Waals surface area contributed by atoms with Gasteiger partial charge in [-0.25, -0.2) is 9.07 Å². The summed E-state index contributed by atoms with van der Waals surface area (Å²) < 4.78 is 14.4. The first-order valence-corrected chi connectivity index (χ1v) is 6.93. The normalized spacial score (nSPS) is 10.7. The summed E-state index contributed by atoms with van der Waals surface area (Å²) in [6.45, 7) is 1.33. The van der Waals surface area contributed by atoms with Crippen LogP contribution in [0.5, 0.6) is 0 Å². The molecule has 0 fully saturated rings. The van der Waals surface area contributed by atoms with Gasteiger partial charge in [-0.1, -0.05) is 23.4 Å². The van der Waals surface area contributed by atoms with E-state index in [0.717, 1.165) is 4.68 Å². The number of fused-ring (bicyclic) bond motifs is 1. The Morgan fingerprint density at radius 1 is 1.26 bits per heavy atom. The van der Waals surface area contributed by atoms with E-state index in [1.165, 1.54) is 6.07 Å². The molecule has 1 heterocycles. The van der Waals surface area contributed by atoms with E-state index in [-0.39, 0.29) is 6.54 Å². The van der Waals surface area contributed by atoms with Gasteiger partial charge in [-0.2, -0.15) is 0 Å². The number of hydrogen-bond acceptors (Lipinski definition) is 4. The SMILES string of the molecule is Cc1ccc(NC(=O)Cn2nnc3ccccc3c2=O)cc1F. The average Bonchev–Trinajstić information content (AvgIpc) is 2.54. The molecule has 23 heavy (non-hydrogen) atoms. The van der Waals surface area contributed by atoms with Crippen molar-refractivity contribution in [1.29, 1.82) is 0 Å². The highest BCUT2D eigenvalue weighted by molar-refractivity contribution is 5.90. The van der Waals surface area contributed by atoms with Crippen LogP contribution in [-0.4, -0.2) is 20.9 Å². The highest BCUT2D eigenvalue weighted by atomic mass is 19.1. The summed E-state index contributed by atoms with van der Waals surface area (Å²) in [7, 11) is 0. The first-order valence-electron chi connectivity index (χ1n) is 6.93. The van der Waals surface area contributed by atoms with Gasteiger partial charge in [0.15, 0.2) is 0 Å². The van der Waals surface area contributed by atoms with E-state index in [2.05, 4.69) is 15.6 Å². The minimum absolute atomic E-state index is 0.299. The van der Waals surface area contributed by atoms with Crippen molar-refractivity contribution in [2.45, 2.75) is 13.5 Å². The summed E-state index contributed by atoms with van der Waals surface area (Å²) in [5, 5.41) is 10.6. The molecule has 6 nitrogen and oxygen atoms in total. The van der Waals surface area contributed by atoms with Gasteiger partial charge in [0, 0.05) is 5.69 Å². The third kappa shape index (κ3) is 3.08. The molecule has 0 aliphatic rings. The van der Waals surface area contributed by atoms with E-state index in [4.69, 9.17) is 0 Å². The zero-order chi connectivity index (χ0) is 16.4. The molecule has 0 aliphatic heterocycles. The minimum Gasteiger partial charge on any atom is -0.324 e. The molecule has 0 radical (unpaired) electrons. The molecule has 0 spiro atoms. The largest absolute Gasteiger partial charge is 0.324 e. The topological polar surface area (TPSA) is 76.9 Å². The fourth-order valence-electron chi connectivity index (χ4n) is 2.13. The fraction of sp³-hybridized carbons (Fsp3) is 0.125. The molecule has 3 aromatic rings. The number of carbonyl (C=O) groups is 1. The van der Waals surface area contributed by atoms with Crippen molar-refractivity contribution in [3.05, 3.63) is 64.2 Å². The molecule has 3 rings (SSSR count). The predicted octanol–water partition coefficient (Wildman–Crippen LogP) is 1.88. The summed E-state index contributed by atoms with van der Waals surface area (Å²) in [5.74, 6) is -0.898. The van der Waals surface area contributed by atoms with Gasteiger partial charge in [0.05, 0.1) is 5.39 Å². The number of nitrogens with zero attached hydrogens (tertiary/aromatic N) is 3. The van der Waals surface area contributed by atoms with Gasteiger partial charge < -0.3 is 5.32 Å². The van der Waals surface area contributed by atoms with Crippen LogP contribution in [0.15, 0.2) is 47.3 Å². The van der Waals surface area contributed by atoms with E-state index in [1.54, 1.807) is 43.3 Å². The van der Waals surface area contributed by atoms with Crippen LogP contribution in [0.25, 0.3) is 10.9 Å². The highest BCUT2D eigenvalue weighted by Crippen LogP contribution is 2.13. The molecule has 0 unspecified atom stereocenters. The Morgan fingerprint density at radius 2 is 2.04 bits per heavy atom. The van der Waals surface area contributed by atoms with Gasteiger partial charge in [0.2, 0.25) is 5.91 Å². The standard InChI is InChI=1S/C16H13FN4O2/c1-10-6-7-11(8-13(10)17)18-15(22)9-21-16(23)12-4-2-3-5-14(12)19-20-21/h2-8H,9H2,1H3,(H,18,22). The van der Waals surface area contributed by atoms with Crippen molar-refractivity contribution in [2.24, 2.45) is 0 Å². The number of rotatable bonds is 3. The van der Waals surface area contributed by atoms with Crippen LogP contribution in [0.2, 0.25) is 0 Å². The van der Waals surface area contributed by atoms with Gasteiger partial charge in [0.1, 0.15) is 17.9 Å². The average molecular weight is 312 g/mol. The monoisotopic (exact) mass is 312 g/mol. The molecular weight excluding hydrogens is 299 g/mol. The van der Waals surface area contributed by atoms with Crippen LogP contribution >= 0.6 is 0 Å². The molecule has 2 aromatic carbocycles. The molecule has 0 bridgehead atoms. The van der Waals surface area contributed by atoms with Crippen molar-refractivity contribution >= 4 is 22.5 Å². The number of benzene rings is 2. The zero-order valence-electron chi connectivity index (χ0n) is 12.3. The Labute approximate surface area is 130 Å². The predicted molar refractivity (Wildman–Crippen MR) is 83.6 cm³/mol. The summed E-state index contributed by atoms with van der Waals surface area (Å²) in [6, 6.07) is 11.1. The second-order valence-electron chi connectivity index (χ2n) is 5.08. The molecule has 0 atom stereocenters. The molecular formula is C16H13FN4O2. The molecule has 1 amide bonds. The van der Waals surface area contributed by atoms with Gasteiger partial charge in [0.25, 0.3) is 5.56 Å². The van der Waals surface area contributed by atoms with Crippen LogP contribution in [0.1, 0.15) is 5.56 Å².